The molecule has 0 bridgehead atoms. The molecule has 2 heterocycles. The second-order valence-electron chi connectivity index (χ2n) is 7.74. The zero-order chi connectivity index (χ0) is 21.1. The van der Waals surface area contributed by atoms with Crippen LogP contribution in [0.1, 0.15) is 48.2 Å². The number of ether oxygens (including phenoxy) is 1. The standard InChI is InChI=1S/C23H25ClFN3O/c1-14(2)6-8-29-13-28-16(4)15(3)22-19(9-17-5-7-27-21(24)10-17)20(25)11-18(12-26)23(22)28/h5,7,10-11,14H,6,8-9,13H2,1-4H3. The molecule has 2 aromatic heterocycles. The zero-order valence-electron chi connectivity index (χ0n) is 17.2. The lowest BCUT2D eigenvalue weighted by molar-refractivity contribution is 0.0708. The molecular weight excluding hydrogens is 389 g/mol. The SMILES string of the molecule is Cc1c(C)n(COCCC(C)C)c2c(C#N)cc(F)c(Cc3ccnc(Cl)c3)c12. The van der Waals surface area contributed by atoms with Crippen LogP contribution in [0.4, 0.5) is 4.39 Å². The van der Waals surface area contributed by atoms with Crippen LogP contribution in [0, 0.1) is 36.9 Å². The van der Waals surface area contributed by atoms with E-state index in [0.717, 1.165) is 34.1 Å². The molecule has 3 rings (SSSR count). The fraction of sp³-hybridized carbons (Fsp3) is 0.391. The topological polar surface area (TPSA) is 50.8 Å². The van der Waals surface area contributed by atoms with Gasteiger partial charge in [0, 0.05) is 35.9 Å². The molecule has 4 nitrogen and oxygen atoms in total. The minimum Gasteiger partial charge on any atom is -0.361 e. The van der Waals surface area contributed by atoms with Gasteiger partial charge in [-0.1, -0.05) is 25.4 Å². The highest BCUT2D eigenvalue weighted by atomic mass is 35.5. The molecule has 6 heteroatoms. The summed E-state index contributed by atoms with van der Waals surface area (Å²) < 4.78 is 22.9. The maximum atomic E-state index is 15.0. The van der Waals surface area contributed by atoms with Gasteiger partial charge in [0.25, 0.3) is 0 Å². The summed E-state index contributed by atoms with van der Waals surface area (Å²) in [7, 11) is 0. The van der Waals surface area contributed by atoms with E-state index in [1.165, 1.54) is 6.07 Å². The lowest BCUT2D eigenvalue weighted by Gasteiger charge is -2.13. The minimum atomic E-state index is -0.386. The van der Waals surface area contributed by atoms with Crippen molar-refractivity contribution in [2.75, 3.05) is 6.61 Å². The predicted octanol–water partition coefficient (Wildman–Crippen LogP) is 5.93. The summed E-state index contributed by atoms with van der Waals surface area (Å²) in [5, 5.41) is 10.8. The molecule has 0 atom stereocenters. The van der Waals surface area contributed by atoms with Gasteiger partial charge in [0.05, 0.1) is 11.1 Å². The van der Waals surface area contributed by atoms with Crippen molar-refractivity contribution in [2.24, 2.45) is 5.92 Å². The maximum absolute atomic E-state index is 15.0. The van der Waals surface area contributed by atoms with E-state index < -0.39 is 0 Å². The number of aryl methyl sites for hydroxylation is 1. The highest BCUT2D eigenvalue weighted by Gasteiger charge is 2.21. The van der Waals surface area contributed by atoms with Gasteiger partial charge in [0.15, 0.2) is 0 Å². The van der Waals surface area contributed by atoms with E-state index in [0.29, 0.717) is 42.0 Å². The van der Waals surface area contributed by atoms with Crippen molar-refractivity contribution in [3.05, 3.63) is 63.3 Å². The first-order chi connectivity index (χ1) is 13.8. The Morgan fingerprint density at radius 3 is 2.72 bits per heavy atom. The number of hydrogen-bond acceptors (Lipinski definition) is 3. The summed E-state index contributed by atoms with van der Waals surface area (Å²) >= 11 is 6.00. The third-order valence-electron chi connectivity index (χ3n) is 5.30. The van der Waals surface area contributed by atoms with Crippen LogP contribution in [-0.4, -0.2) is 16.2 Å². The third-order valence-corrected chi connectivity index (χ3v) is 5.50. The highest BCUT2D eigenvalue weighted by molar-refractivity contribution is 6.29. The fourth-order valence-corrected chi connectivity index (χ4v) is 3.76. The van der Waals surface area contributed by atoms with Gasteiger partial charge in [-0.3, -0.25) is 0 Å². The van der Waals surface area contributed by atoms with Crippen molar-refractivity contribution in [2.45, 2.75) is 47.3 Å². The second-order valence-corrected chi connectivity index (χ2v) is 8.13. The van der Waals surface area contributed by atoms with Crippen molar-refractivity contribution < 1.29 is 9.13 Å². The first kappa shape index (κ1) is 21.3. The van der Waals surface area contributed by atoms with Gasteiger partial charge in [-0.25, -0.2) is 9.37 Å². The Hall–Kier alpha value is -2.42. The normalized spacial score (nSPS) is 11.4. The molecule has 0 N–H and O–H groups in total. The van der Waals surface area contributed by atoms with E-state index in [-0.39, 0.29) is 5.82 Å². The Balaban J connectivity index is 2.10. The molecule has 0 aliphatic carbocycles. The molecule has 29 heavy (non-hydrogen) atoms. The van der Waals surface area contributed by atoms with E-state index >= 15 is 4.39 Å². The summed E-state index contributed by atoms with van der Waals surface area (Å²) in [6.07, 6.45) is 2.95. The van der Waals surface area contributed by atoms with Crippen LogP contribution in [0.15, 0.2) is 24.4 Å². The van der Waals surface area contributed by atoms with E-state index in [4.69, 9.17) is 16.3 Å². The van der Waals surface area contributed by atoms with Gasteiger partial charge in [-0.05, 0) is 55.5 Å². The molecule has 0 fully saturated rings. The van der Waals surface area contributed by atoms with Gasteiger partial charge >= 0.3 is 0 Å². The summed E-state index contributed by atoms with van der Waals surface area (Å²) in [4.78, 5) is 3.99. The molecule has 0 saturated heterocycles. The Morgan fingerprint density at radius 2 is 2.07 bits per heavy atom. The van der Waals surface area contributed by atoms with Crippen LogP contribution in [0.25, 0.3) is 10.9 Å². The maximum Gasteiger partial charge on any atom is 0.129 e. The van der Waals surface area contributed by atoms with Crippen molar-refractivity contribution in [1.82, 2.24) is 9.55 Å². The Bertz CT molecular complexity index is 1080. The highest BCUT2D eigenvalue weighted by Crippen LogP contribution is 2.34. The number of aromatic nitrogens is 2. The molecular formula is C23H25ClFN3O. The van der Waals surface area contributed by atoms with Crippen LogP contribution in [0.3, 0.4) is 0 Å². The molecule has 0 saturated carbocycles. The zero-order valence-corrected chi connectivity index (χ0v) is 18.0. The molecule has 0 radical (unpaired) electrons. The number of rotatable bonds is 7. The molecule has 1 aromatic carbocycles. The molecule has 0 unspecified atom stereocenters. The Kier molecular flexibility index (Phi) is 6.56. The first-order valence-corrected chi connectivity index (χ1v) is 10.1. The summed E-state index contributed by atoms with van der Waals surface area (Å²) in [5.74, 6) is 0.171. The number of hydrogen-bond donors (Lipinski definition) is 0. The lowest BCUT2D eigenvalue weighted by atomic mass is 9.97. The van der Waals surface area contributed by atoms with Crippen molar-refractivity contribution >= 4 is 22.5 Å². The number of nitrogens with zero attached hydrogens (tertiary/aromatic N) is 3. The van der Waals surface area contributed by atoms with Crippen molar-refractivity contribution in [3.8, 4) is 6.07 Å². The average molecular weight is 414 g/mol. The van der Waals surface area contributed by atoms with E-state index in [2.05, 4.69) is 24.9 Å². The van der Waals surface area contributed by atoms with E-state index in [1.807, 2.05) is 24.5 Å². The van der Waals surface area contributed by atoms with Gasteiger partial charge < -0.3 is 9.30 Å². The van der Waals surface area contributed by atoms with Gasteiger partial charge in [0.2, 0.25) is 0 Å². The largest absolute Gasteiger partial charge is 0.361 e. The van der Waals surface area contributed by atoms with Crippen LogP contribution in [0.2, 0.25) is 5.15 Å². The molecule has 152 valence electrons. The Labute approximate surface area is 175 Å². The minimum absolute atomic E-state index is 0.317. The molecule has 0 aliphatic rings. The monoisotopic (exact) mass is 413 g/mol. The molecule has 3 aromatic rings. The molecule has 0 amide bonds. The number of pyridine rings is 1. The first-order valence-electron chi connectivity index (χ1n) is 9.72. The van der Waals surface area contributed by atoms with Gasteiger partial charge in [0.1, 0.15) is 23.8 Å². The van der Waals surface area contributed by atoms with E-state index in [9.17, 15) is 5.26 Å². The smallest absolute Gasteiger partial charge is 0.129 e. The average Bonchev–Trinajstić information content (AvgIpc) is 2.92. The number of fused-ring (bicyclic) bond motifs is 1. The number of halogens is 2. The van der Waals surface area contributed by atoms with Crippen LogP contribution in [0.5, 0.6) is 0 Å². The Morgan fingerprint density at radius 1 is 1.31 bits per heavy atom. The van der Waals surface area contributed by atoms with Gasteiger partial charge in [-0.2, -0.15) is 5.26 Å². The van der Waals surface area contributed by atoms with Gasteiger partial charge in [-0.15, -0.1) is 0 Å². The van der Waals surface area contributed by atoms with E-state index in [1.54, 1.807) is 12.3 Å². The number of nitriles is 1. The molecule has 0 spiro atoms. The van der Waals surface area contributed by atoms with Crippen LogP contribution in [-0.2, 0) is 17.9 Å². The second kappa shape index (κ2) is 8.94. The fourth-order valence-electron chi connectivity index (χ4n) is 3.57. The van der Waals surface area contributed by atoms with Crippen LogP contribution >= 0.6 is 11.6 Å². The quantitative estimate of drug-likeness (QED) is 0.356. The van der Waals surface area contributed by atoms with Crippen molar-refractivity contribution in [1.29, 1.82) is 5.26 Å². The number of benzene rings is 1. The summed E-state index contributed by atoms with van der Waals surface area (Å²) in [6.45, 7) is 9.22. The molecule has 0 aliphatic heterocycles. The predicted molar refractivity (Wildman–Crippen MR) is 114 cm³/mol. The van der Waals surface area contributed by atoms with Crippen LogP contribution < -0.4 is 0 Å². The van der Waals surface area contributed by atoms with Crippen molar-refractivity contribution in [3.63, 3.8) is 0 Å². The third kappa shape index (κ3) is 4.44. The summed E-state index contributed by atoms with van der Waals surface area (Å²) in [6, 6.07) is 7.03. The summed E-state index contributed by atoms with van der Waals surface area (Å²) in [5.41, 5.74) is 4.40. The lowest BCUT2D eigenvalue weighted by Crippen LogP contribution is -2.08.